The maximum atomic E-state index is 14.3. The number of fused-ring (bicyclic) bond motifs is 1. The van der Waals surface area contributed by atoms with Crippen LogP contribution in [-0.4, -0.2) is 78.7 Å². The van der Waals surface area contributed by atoms with E-state index in [1.54, 1.807) is 30.3 Å². The lowest BCUT2D eigenvalue weighted by Crippen LogP contribution is -2.44. The number of aliphatic hydroxyl groups excluding tert-OH is 1. The van der Waals surface area contributed by atoms with E-state index in [-0.39, 0.29) is 36.4 Å². The van der Waals surface area contributed by atoms with Crippen molar-refractivity contribution in [3.63, 3.8) is 0 Å². The second kappa shape index (κ2) is 17.8. The second-order valence-electron chi connectivity index (χ2n) is 12.1. The van der Waals surface area contributed by atoms with Gasteiger partial charge >= 0.3 is 25.8 Å². The van der Waals surface area contributed by atoms with Crippen molar-refractivity contribution in [1.29, 1.82) is 0 Å². The SMILES string of the molecule is C#C[C@]1(COP(=O)(N[C@@H](Cc2ccccc2)C(=O)O)O[C@@H](C)C(=O)OCCCCCCCCC)O[C@@H](n2cnc3c(N)nc(F)nc32)C[C@@H]1O. The van der Waals surface area contributed by atoms with Crippen molar-refractivity contribution in [3.05, 3.63) is 48.3 Å². The summed E-state index contributed by atoms with van der Waals surface area (Å²) in [6, 6.07) is 7.07. The molecule has 272 valence electrons. The third kappa shape index (κ3) is 10.1. The van der Waals surface area contributed by atoms with Gasteiger partial charge in [-0.25, -0.2) is 19.4 Å². The first kappa shape index (κ1) is 38.8. The van der Waals surface area contributed by atoms with E-state index in [0.29, 0.717) is 12.0 Å². The van der Waals surface area contributed by atoms with Gasteiger partial charge in [0.15, 0.2) is 28.7 Å². The highest BCUT2D eigenvalue weighted by Gasteiger charge is 2.50. The molecule has 17 heteroatoms. The number of aliphatic hydroxyl groups is 1. The average Bonchev–Trinajstić information content (AvgIpc) is 3.66. The van der Waals surface area contributed by atoms with E-state index < -0.39 is 62.4 Å². The van der Waals surface area contributed by atoms with Crippen LogP contribution in [0.25, 0.3) is 11.2 Å². The first-order valence-electron chi connectivity index (χ1n) is 16.5. The lowest BCUT2D eigenvalue weighted by atomic mass is 9.99. The van der Waals surface area contributed by atoms with Gasteiger partial charge in [0.05, 0.1) is 12.9 Å². The number of benzene rings is 1. The van der Waals surface area contributed by atoms with Crippen molar-refractivity contribution >= 4 is 36.7 Å². The van der Waals surface area contributed by atoms with Crippen molar-refractivity contribution in [3.8, 4) is 12.3 Å². The van der Waals surface area contributed by atoms with Crippen LogP contribution in [-0.2, 0) is 39.1 Å². The number of aliphatic carboxylic acids is 1. The molecule has 0 saturated carbocycles. The van der Waals surface area contributed by atoms with Crippen LogP contribution in [0, 0.1) is 18.4 Å². The van der Waals surface area contributed by atoms with Crippen LogP contribution < -0.4 is 10.8 Å². The quantitative estimate of drug-likeness (QED) is 0.0422. The summed E-state index contributed by atoms with van der Waals surface area (Å²) in [4.78, 5) is 36.4. The predicted molar refractivity (Wildman–Crippen MR) is 180 cm³/mol. The molecule has 5 N–H and O–H groups in total. The largest absolute Gasteiger partial charge is 0.480 e. The summed E-state index contributed by atoms with van der Waals surface area (Å²) in [6.45, 7) is 2.78. The molecule has 3 heterocycles. The third-order valence-corrected chi connectivity index (χ3v) is 9.94. The van der Waals surface area contributed by atoms with Crippen molar-refractivity contribution < 1.29 is 47.3 Å². The van der Waals surface area contributed by atoms with Gasteiger partial charge in [0, 0.05) is 6.42 Å². The molecule has 1 unspecified atom stereocenters. The zero-order chi connectivity index (χ0) is 36.3. The third-order valence-electron chi connectivity index (χ3n) is 8.25. The van der Waals surface area contributed by atoms with Crippen molar-refractivity contribution in [2.24, 2.45) is 0 Å². The van der Waals surface area contributed by atoms with E-state index in [0.717, 1.165) is 32.1 Å². The van der Waals surface area contributed by atoms with Crippen LogP contribution in [0.15, 0.2) is 36.7 Å². The predicted octanol–water partition coefficient (Wildman–Crippen LogP) is 4.31. The summed E-state index contributed by atoms with van der Waals surface area (Å²) < 4.78 is 52.2. The van der Waals surface area contributed by atoms with Crippen LogP contribution in [0.5, 0.6) is 0 Å². The molecule has 50 heavy (non-hydrogen) atoms. The molecule has 0 amide bonds. The molecular formula is C33H44FN6O9P. The minimum Gasteiger partial charge on any atom is -0.480 e. The van der Waals surface area contributed by atoms with Gasteiger partial charge in [-0.15, -0.1) is 6.42 Å². The summed E-state index contributed by atoms with van der Waals surface area (Å²) >= 11 is 0. The number of anilines is 1. The number of nitrogens with one attached hydrogen (secondary N) is 1. The molecule has 3 aromatic rings. The van der Waals surface area contributed by atoms with Gasteiger partial charge in [-0.05, 0) is 25.3 Å². The Morgan fingerprint density at radius 2 is 1.92 bits per heavy atom. The van der Waals surface area contributed by atoms with Gasteiger partial charge in [0.25, 0.3) is 0 Å². The molecule has 1 aromatic carbocycles. The number of terminal acetylenes is 1. The zero-order valence-electron chi connectivity index (χ0n) is 28.1. The first-order valence-corrected chi connectivity index (χ1v) is 18.1. The van der Waals surface area contributed by atoms with Crippen LogP contribution in [0.1, 0.15) is 77.0 Å². The summed E-state index contributed by atoms with van der Waals surface area (Å²) in [5.74, 6) is -0.0815. The molecular weight excluding hydrogens is 674 g/mol. The van der Waals surface area contributed by atoms with E-state index in [1.807, 2.05) is 0 Å². The number of carbonyl (C=O) groups is 2. The minimum absolute atomic E-state index is 0.0225. The Morgan fingerprint density at radius 1 is 1.22 bits per heavy atom. The summed E-state index contributed by atoms with van der Waals surface area (Å²) in [7, 11) is -4.73. The monoisotopic (exact) mass is 718 g/mol. The van der Waals surface area contributed by atoms with E-state index in [2.05, 4.69) is 32.9 Å². The number of carboxylic acid groups (broad SMARTS) is 1. The van der Waals surface area contributed by atoms with Gasteiger partial charge in [0.2, 0.25) is 0 Å². The average molecular weight is 719 g/mol. The van der Waals surface area contributed by atoms with Crippen LogP contribution in [0.3, 0.4) is 0 Å². The normalized spacial score (nSPS) is 21.3. The van der Waals surface area contributed by atoms with E-state index in [1.165, 1.54) is 24.2 Å². The van der Waals surface area contributed by atoms with Gasteiger partial charge in [-0.2, -0.15) is 14.4 Å². The number of unbranched alkanes of at least 4 members (excludes halogenated alkanes) is 6. The molecule has 6 atom stereocenters. The number of halogens is 1. The van der Waals surface area contributed by atoms with Gasteiger partial charge in [-0.3, -0.25) is 18.4 Å². The van der Waals surface area contributed by atoms with Gasteiger partial charge < -0.3 is 25.4 Å². The number of aromatic nitrogens is 4. The molecule has 1 fully saturated rings. The number of nitrogens with zero attached hydrogens (tertiary/aromatic N) is 4. The number of esters is 1. The Balaban J connectivity index is 1.49. The smallest absolute Gasteiger partial charge is 0.407 e. The number of hydrogen-bond acceptors (Lipinski definition) is 12. The number of nitrogen functional groups attached to an aromatic ring is 1. The Kier molecular flexibility index (Phi) is 13.8. The van der Waals surface area contributed by atoms with Gasteiger partial charge in [-0.1, -0.05) is 81.7 Å². The van der Waals surface area contributed by atoms with Crippen molar-refractivity contribution in [2.45, 2.75) is 102 Å². The second-order valence-corrected chi connectivity index (χ2v) is 13.8. The highest BCUT2D eigenvalue weighted by atomic mass is 31.2. The van der Waals surface area contributed by atoms with Crippen molar-refractivity contribution in [1.82, 2.24) is 24.6 Å². The Labute approximate surface area is 289 Å². The molecule has 0 radical (unpaired) electrons. The number of imidazole rings is 1. The molecule has 1 aliphatic rings. The van der Waals surface area contributed by atoms with Crippen LogP contribution in [0.4, 0.5) is 10.2 Å². The fourth-order valence-corrected chi connectivity index (χ4v) is 7.10. The van der Waals surface area contributed by atoms with E-state index in [9.17, 15) is 28.8 Å². The topological polar surface area (TPSA) is 210 Å². The van der Waals surface area contributed by atoms with Crippen LogP contribution in [0.2, 0.25) is 0 Å². The number of hydrogen-bond donors (Lipinski definition) is 4. The summed E-state index contributed by atoms with van der Waals surface area (Å²) in [5, 5.41) is 23.5. The molecule has 4 rings (SSSR count). The van der Waals surface area contributed by atoms with Crippen LogP contribution >= 0.6 is 7.75 Å². The molecule has 0 bridgehead atoms. The number of carboxylic acids is 1. The van der Waals surface area contributed by atoms with Gasteiger partial charge in [0.1, 0.15) is 25.0 Å². The molecule has 1 aliphatic heterocycles. The van der Waals surface area contributed by atoms with Crippen molar-refractivity contribution in [2.75, 3.05) is 18.9 Å². The highest BCUT2D eigenvalue weighted by Crippen LogP contribution is 2.49. The fraction of sp³-hybridized carbons (Fsp3) is 0.545. The lowest BCUT2D eigenvalue weighted by molar-refractivity contribution is -0.152. The molecule has 0 spiro atoms. The number of nitrogens with two attached hydrogens (primary N) is 1. The molecule has 0 aliphatic carbocycles. The zero-order valence-corrected chi connectivity index (χ0v) is 29.0. The van der Waals surface area contributed by atoms with E-state index >= 15 is 0 Å². The summed E-state index contributed by atoms with van der Waals surface area (Å²) in [5.41, 5.74) is 4.48. The molecule has 15 nitrogen and oxygen atoms in total. The fourth-order valence-electron chi connectivity index (χ4n) is 5.45. The number of rotatable bonds is 20. The maximum Gasteiger partial charge on any atom is 0.407 e. The molecule has 1 saturated heterocycles. The maximum absolute atomic E-state index is 14.3. The standard InChI is InChI=1S/C33H44FN6O9P/c1-4-6-7-8-9-10-14-17-46-31(44)22(3)49-50(45,39-24(30(42)43)18-23-15-12-11-13-16-23)47-20-33(5-2)25(41)19-26(48-33)40-21-36-27-28(35)37-32(34)38-29(27)40/h2,11-13,15-16,21-22,24-26,41H,4,6-10,14,17-20H2,1,3H3,(H,39,45)(H,42,43)(H2,35,37,38)/t22-,24-,25-,26+,33+,50?/m0/s1. The highest BCUT2D eigenvalue weighted by molar-refractivity contribution is 7.51. The lowest BCUT2D eigenvalue weighted by Gasteiger charge is -2.30. The Bertz CT molecular complexity index is 1690. The molecule has 2 aromatic heterocycles. The first-order chi connectivity index (χ1) is 23.9. The van der Waals surface area contributed by atoms with E-state index in [4.69, 9.17) is 30.7 Å². The number of carbonyl (C=O) groups excluding carboxylic acids is 1. The summed E-state index contributed by atoms with van der Waals surface area (Å²) in [6.07, 6.45) is 8.83. The Morgan fingerprint density at radius 3 is 2.60 bits per heavy atom. The minimum atomic E-state index is -4.73. The Hall–Kier alpha value is -3.97. The number of ether oxygens (including phenoxy) is 2.